The van der Waals surface area contributed by atoms with Crippen molar-refractivity contribution in [2.45, 2.75) is 26.8 Å². The summed E-state index contributed by atoms with van der Waals surface area (Å²) in [5, 5.41) is 7.69. The summed E-state index contributed by atoms with van der Waals surface area (Å²) >= 11 is 0. The van der Waals surface area contributed by atoms with Crippen LogP contribution >= 0.6 is 0 Å². The molecular formula is C12H17N5. The Hall–Kier alpha value is -1.91. The second kappa shape index (κ2) is 4.95. The van der Waals surface area contributed by atoms with E-state index in [0.717, 1.165) is 30.2 Å². The zero-order valence-corrected chi connectivity index (χ0v) is 10.4. The maximum absolute atomic E-state index is 4.40. The van der Waals surface area contributed by atoms with Crippen molar-refractivity contribution >= 4 is 5.82 Å². The second-order valence-corrected chi connectivity index (χ2v) is 4.03. The van der Waals surface area contributed by atoms with Crippen LogP contribution in [0.25, 0.3) is 0 Å². The zero-order chi connectivity index (χ0) is 12.3. The zero-order valence-electron chi connectivity index (χ0n) is 10.4. The molecule has 2 heterocycles. The molecule has 0 radical (unpaired) electrons. The number of hydrogen-bond acceptors (Lipinski definition) is 4. The van der Waals surface area contributed by atoms with Gasteiger partial charge in [0.1, 0.15) is 12.1 Å². The molecule has 5 heteroatoms. The Kier molecular flexibility index (Phi) is 3.37. The number of nitrogens with zero attached hydrogens (tertiary/aromatic N) is 4. The standard InChI is InChI=1S/C12H17N5/c1-4-11-10(7-17(3)16-11)6-13-12-5-9(2)14-8-15-12/h5,7-8H,4,6H2,1-3H3,(H,13,14,15). The van der Waals surface area contributed by atoms with Crippen LogP contribution in [0.15, 0.2) is 18.6 Å². The molecule has 0 saturated carbocycles. The lowest BCUT2D eigenvalue weighted by Gasteiger charge is -2.05. The lowest BCUT2D eigenvalue weighted by molar-refractivity contribution is 0.746. The Bertz CT molecular complexity index is 503. The molecule has 2 aromatic rings. The Morgan fingerprint density at radius 3 is 2.88 bits per heavy atom. The fourth-order valence-electron chi connectivity index (χ4n) is 1.77. The van der Waals surface area contributed by atoms with E-state index in [-0.39, 0.29) is 0 Å². The van der Waals surface area contributed by atoms with Gasteiger partial charge in [-0.2, -0.15) is 5.10 Å². The molecule has 0 spiro atoms. The Labute approximate surface area is 101 Å². The minimum absolute atomic E-state index is 0.744. The van der Waals surface area contributed by atoms with Gasteiger partial charge in [0, 0.05) is 37.1 Å². The van der Waals surface area contributed by atoms with Crippen LogP contribution < -0.4 is 5.32 Å². The first-order chi connectivity index (χ1) is 8.19. The Balaban J connectivity index is 2.06. The van der Waals surface area contributed by atoms with Gasteiger partial charge < -0.3 is 5.32 Å². The molecule has 17 heavy (non-hydrogen) atoms. The van der Waals surface area contributed by atoms with Gasteiger partial charge in [-0.25, -0.2) is 9.97 Å². The molecule has 0 aliphatic rings. The molecule has 0 aliphatic carbocycles. The second-order valence-electron chi connectivity index (χ2n) is 4.03. The van der Waals surface area contributed by atoms with Crippen molar-refractivity contribution in [2.75, 3.05) is 5.32 Å². The molecule has 0 saturated heterocycles. The van der Waals surface area contributed by atoms with E-state index in [1.165, 1.54) is 5.56 Å². The third-order valence-electron chi connectivity index (χ3n) is 2.59. The molecule has 1 N–H and O–H groups in total. The average Bonchev–Trinajstić information content (AvgIpc) is 2.67. The number of hydrogen-bond donors (Lipinski definition) is 1. The van der Waals surface area contributed by atoms with Crippen LogP contribution in [0.3, 0.4) is 0 Å². The SMILES string of the molecule is CCc1nn(C)cc1CNc1cc(C)ncn1. The predicted octanol–water partition coefficient (Wildman–Crippen LogP) is 1.69. The van der Waals surface area contributed by atoms with Gasteiger partial charge in [0.05, 0.1) is 5.69 Å². The van der Waals surface area contributed by atoms with E-state index < -0.39 is 0 Å². The van der Waals surface area contributed by atoms with Crippen molar-refractivity contribution in [2.24, 2.45) is 7.05 Å². The number of aromatic nitrogens is 4. The van der Waals surface area contributed by atoms with Gasteiger partial charge in [0.2, 0.25) is 0 Å². The minimum atomic E-state index is 0.744. The third kappa shape index (κ3) is 2.81. The lowest BCUT2D eigenvalue weighted by Crippen LogP contribution is -2.03. The maximum Gasteiger partial charge on any atom is 0.129 e. The van der Waals surface area contributed by atoms with Gasteiger partial charge in [-0.15, -0.1) is 0 Å². The Morgan fingerprint density at radius 1 is 1.35 bits per heavy atom. The van der Waals surface area contributed by atoms with E-state index in [2.05, 4.69) is 27.3 Å². The van der Waals surface area contributed by atoms with Crippen molar-refractivity contribution in [3.8, 4) is 0 Å². The normalized spacial score (nSPS) is 10.5. The van der Waals surface area contributed by atoms with E-state index in [1.807, 2.05) is 30.9 Å². The van der Waals surface area contributed by atoms with Crippen LogP contribution in [0.4, 0.5) is 5.82 Å². The van der Waals surface area contributed by atoms with Gasteiger partial charge >= 0.3 is 0 Å². The predicted molar refractivity (Wildman–Crippen MR) is 66.7 cm³/mol. The summed E-state index contributed by atoms with van der Waals surface area (Å²) in [6.07, 6.45) is 4.56. The van der Waals surface area contributed by atoms with Crippen LogP contribution in [0.5, 0.6) is 0 Å². The number of aryl methyl sites for hydroxylation is 3. The summed E-state index contributed by atoms with van der Waals surface area (Å²) in [7, 11) is 1.94. The molecule has 0 unspecified atom stereocenters. The van der Waals surface area contributed by atoms with Gasteiger partial charge in [-0.1, -0.05) is 6.92 Å². The molecular weight excluding hydrogens is 214 g/mol. The van der Waals surface area contributed by atoms with E-state index in [1.54, 1.807) is 6.33 Å². The van der Waals surface area contributed by atoms with Crippen LogP contribution in [-0.4, -0.2) is 19.7 Å². The summed E-state index contributed by atoms with van der Waals surface area (Å²) < 4.78 is 1.85. The molecule has 2 rings (SSSR count). The molecule has 5 nitrogen and oxygen atoms in total. The summed E-state index contributed by atoms with van der Waals surface area (Å²) in [6, 6.07) is 1.93. The number of nitrogens with one attached hydrogen (secondary N) is 1. The molecule has 0 bridgehead atoms. The lowest BCUT2D eigenvalue weighted by atomic mass is 10.2. The first-order valence-electron chi connectivity index (χ1n) is 5.73. The molecule has 0 aromatic carbocycles. The topological polar surface area (TPSA) is 55.6 Å². The number of anilines is 1. The highest BCUT2D eigenvalue weighted by Gasteiger charge is 2.05. The largest absolute Gasteiger partial charge is 0.366 e. The Morgan fingerprint density at radius 2 is 2.18 bits per heavy atom. The maximum atomic E-state index is 4.40. The van der Waals surface area contributed by atoms with E-state index in [0.29, 0.717) is 0 Å². The molecule has 0 atom stereocenters. The van der Waals surface area contributed by atoms with Crippen LogP contribution in [0.2, 0.25) is 0 Å². The van der Waals surface area contributed by atoms with Crippen LogP contribution in [-0.2, 0) is 20.0 Å². The molecule has 90 valence electrons. The third-order valence-corrected chi connectivity index (χ3v) is 2.59. The van der Waals surface area contributed by atoms with Gasteiger partial charge in [0.15, 0.2) is 0 Å². The first kappa shape index (κ1) is 11.6. The van der Waals surface area contributed by atoms with Gasteiger partial charge in [-0.3, -0.25) is 4.68 Å². The van der Waals surface area contributed by atoms with Gasteiger partial charge in [0.25, 0.3) is 0 Å². The van der Waals surface area contributed by atoms with Crippen molar-refractivity contribution in [1.82, 2.24) is 19.7 Å². The van der Waals surface area contributed by atoms with Crippen LogP contribution in [0.1, 0.15) is 23.9 Å². The quantitative estimate of drug-likeness (QED) is 0.870. The van der Waals surface area contributed by atoms with Crippen LogP contribution in [0, 0.1) is 6.92 Å². The van der Waals surface area contributed by atoms with Crippen molar-refractivity contribution in [3.63, 3.8) is 0 Å². The summed E-state index contributed by atoms with van der Waals surface area (Å²) in [5.74, 6) is 0.850. The van der Waals surface area contributed by atoms with Crippen molar-refractivity contribution < 1.29 is 0 Å². The first-order valence-corrected chi connectivity index (χ1v) is 5.73. The molecule has 2 aromatic heterocycles. The number of rotatable bonds is 4. The molecule has 0 aliphatic heterocycles. The monoisotopic (exact) mass is 231 g/mol. The van der Waals surface area contributed by atoms with Crippen molar-refractivity contribution in [3.05, 3.63) is 35.5 Å². The average molecular weight is 231 g/mol. The van der Waals surface area contributed by atoms with E-state index in [4.69, 9.17) is 0 Å². The minimum Gasteiger partial charge on any atom is -0.366 e. The summed E-state index contributed by atoms with van der Waals surface area (Å²) in [4.78, 5) is 8.23. The summed E-state index contributed by atoms with van der Waals surface area (Å²) in [6.45, 7) is 4.81. The van der Waals surface area contributed by atoms with Gasteiger partial charge in [-0.05, 0) is 13.3 Å². The fraction of sp³-hybridized carbons (Fsp3) is 0.417. The smallest absolute Gasteiger partial charge is 0.129 e. The highest BCUT2D eigenvalue weighted by molar-refractivity contribution is 5.36. The highest BCUT2D eigenvalue weighted by Crippen LogP contribution is 2.10. The molecule has 0 amide bonds. The van der Waals surface area contributed by atoms with E-state index in [9.17, 15) is 0 Å². The fourth-order valence-corrected chi connectivity index (χ4v) is 1.77. The molecule has 0 fully saturated rings. The van der Waals surface area contributed by atoms with E-state index >= 15 is 0 Å². The summed E-state index contributed by atoms with van der Waals surface area (Å²) in [5.41, 5.74) is 3.31. The van der Waals surface area contributed by atoms with Crippen molar-refractivity contribution in [1.29, 1.82) is 0 Å². The highest BCUT2D eigenvalue weighted by atomic mass is 15.3.